The fourth-order valence-corrected chi connectivity index (χ4v) is 7.10. The van der Waals surface area contributed by atoms with Gasteiger partial charge in [-0.1, -0.05) is 117 Å². The summed E-state index contributed by atoms with van der Waals surface area (Å²) in [4.78, 5) is 5.04. The van der Waals surface area contributed by atoms with E-state index in [-0.39, 0.29) is 5.41 Å². The Balaban J connectivity index is 1.18. The Kier molecular flexibility index (Phi) is 4.95. The fraction of sp³-hybridized carbons (Fsp3) is 0.0750. The van der Waals surface area contributed by atoms with Crippen LogP contribution in [0.4, 0.5) is 0 Å². The molecule has 0 saturated heterocycles. The summed E-state index contributed by atoms with van der Waals surface area (Å²) in [7, 11) is 0. The molecule has 0 unspecified atom stereocenters. The van der Waals surface area contributed by atoms with E-state index in [0.29, 0.717) is 0 Å². The monoisotopic (exact) mass is 552 g/mol. The summed E-state index contributed by atoms with van der Waals surface area (Å²) in [5.41, 5.74) is 14.6. The molecule has 0 radical (unpaired) electrons. The molecule has 1 aliphatic carbocycles. The van der Waals surface area contributed by atoms with Gasteiger partial charge in [-0.2, -0.15) is 0 Å². The highest BCUT2D eigenvalue weighted by Gasteiger charge is 2.36. The number of rotatable bonds is 3. The summed E-state index contributed by atoms with van der Waals surface area (Å²) in [5.74, 6) is 0. The number of pyridine rings is 1. The van der Waals surface area contributed by atoms with Crippen LogP contribution in [-0.4, -0.2) is 9.38 Å². The van der Waals surface area contributed by atoms with Crippen LogP contribution in [0, 0.1) is 0 Å². The summed E-state index contributed by atoms with van der Waals surface area (Å²) in [6.07, 6.45) is 2.08. The summed E-state index contributed by atoms with van der Waals surface area (Å²) < 4.78 is 8.83. The van der Waals surface area contributed by atoms with Gasteiger partial charge in [-0.15, -0.1) is 0 Å². The van der Waals surface area contributed by atoms with E-state index in [1.54, 1.807) is 0 Å². The van der Waals surface area contributed by atoms with E-state index in [1.165, 1.54) is 27.6 Å². The molecule has 9 rings (SSSR count). The van der Waals surface area contributed by atoms with Gasteiger partial charge < -0.3 is 4.42 Å². The lowest BCUT2D eigenvalue weighted by Gasteiger charge is -2.21. The second-order valence-electron chi connectivity index (χ2n) is 12.0. The van der Waals surface area contributed by atoms with E-state index >= 15 is 0 Å². The van der Waals surface area contributed by atoms with E-state index in [2.05, 4.69) is 140 Å². The number of furan rings is 1. The van der Waals surface area contributed by atoms with E-state index in [1.807, 2.05) is 12.1 Å². The number of para-hydroxylation sites is 1. The van der Waals surface area contributed by atoms with Crippen molar-refractivity contribution in [2.45, 2.75) is 19.3 Å². The van der Waals surface area contributed by atoms with Crippen molar-refractivity contribution in [3.63, 3.8) is 0 Å². The summed E-state index contributed by atoms with van der Waals surface area (Å²) in [6, 6.07) is 45.2. The predicted octanol–water partition coefficient (Wildman–Crippen LogP) is 10.5. The second kappa shape index (κ2) is 8.80. The third kappa shape index (κ3) is 3.45. The molecule has 0 amide bonds. The van der Waals surface area contributed by atoms with Crippen LogP contribution in [0.5, 0.6) is 0 Å². The summed E-state index contributed by atoms with van der Waals surface area (Å²) >= 11 is 0. The average Bonchev–Trinajstić information content (AvgIpc) is 3.69. The lowest BCUT2D eigenvalue weighted by Crippen LogP contribution is -2.14. The third-order valence-electron chi connectivity index (χ3n) is 9.25. The van der Waals surface area contributed by atoms with Gasteiger partial charge in [-0.05, 0) is 52.1 Å². The number of imidazole rings is 1. The molecule has 3 heteroatoms. The number of aromatic nitrogens is 2. The van der Waals surface area contributed by atoms with Gasteiger partial charge in [0.05, 0.1) is 11.4 Å². The Bertz CT molecular complexity index is 2360. The van der Waals surface area contributed by atoms with Crippen LogP contribution in [0.2, 0.25) is 0 Å². The van der Waals surface area contributed by atoms with Crippen molar-refractivity contribution in [3.05, 3.63) is 145 Å². The zero-order valence-electron chi connectivity index (χ0n) is 24.0. The molecular weight excluding hydrogens is 524 g/mol. The lowest BCUT2D eigenvalue weighted by atomic mass is 9.82. The first-order valence-electron chi connectivity index (χ1n) is 14.8. The molecule has 5 aromatic carbocycles. The average molecular weight is 553 g/mol. The topological polar surface area (TPSA) is 30.4 Å². The van der Waals surface area contributed by atoms with Gasteiger partial charge in [0.25, 0.3) is 0 Å². The van der Waals surface area contributed by atoms with Crippen molar-refractivity contribution >= 4 is 27.6 Å². The Morgan fingerprint density at radius 3 is 2.19 bits per heavy atom. The van der Waals surface area contributed by atoms with Crippen molar-refractivity contribution in [3.8, 4) is 44.8 Å². The van der Waals surface area contributed by atoms with Gasteiger partial charge in [-0.25, -0.2) is 4.98 Å². The number of fused-ring (bicyclic) bond motifs is 7. The molecule has 1 aliphatic rings. The van der Waals surface area contributed by atoms with Crippen LogP contribution < -0.4 is 0 Å². The van der Waals surface area contributed by atoms with Crippen LogP contribution >= 0.6 is 0 Å². The molecule has 0 N–H and O–H groups in total. The number of nitrogens with zero attached hydrogens (tertiary/aromatic N) is 2. The van der Waals surface area contributed by atoms with Crippen LogP contribution in [0.25, 0.3) is 72.4 Å². The van der Waals surface area contributed by atoms with Crippen LogP contribution in [0.15, 0.2) is 138 Å². The van der Waals surface area contributed by atoms with Crippen molar-refractivity contribution in [1.82, 2.24) is 9.38 Å². The molecule has 43 heavy (non-hydrogen) atoms. The van der Waals surface area contributed by atoms with Gasteiger partial charge >= 0.3 is 0 Å². The Labute approximate surface area is 249 Å². The number of hydrogen-bond donors (Lipinski definition) is 0. The Morgan fingerprint density at radius 1 is 0.581 bits per heavy atom. The Morgan fingerprint density at radius 2 is 1.33 bits per heavy atom. The van der Waals surface area contributed by atoms with Gasteiger partial charge in [0.1, 0.15) is 16.8 Å². The first kappa shape index (κ1) is 24.2. The molecule has 3 nitrogen and oxygen atoms in total. The van der Waals surface area contributed by atoms with E-state index in [0.717, 1.165) is 55.8 Å². The molecule has 0 spiro atoms. The highest BCUT2D eigenvalue weighted by molar-refractivity contribution is 6.11. The smallest absolute Gasteiger partial charge is 0.143 e. The molecular formula is C40H28N2O. The fourth-order valence-electron chi connectivity index (χ4n) is 7.10. The normalized spacial score (nSPS) is 13.5. The minimum absolute atomic E-state index is 0.0479. The largest absolute Gasteiger partial charge is 0.455 e. The standard InChI is InChI=1S/C40H28N2O/c1-40(2)33-16-7-6-13-29(33)31-24-35-32(23-34(31)40)30-15-10-14-28(39(30)43-35)25-18-20-26(21-19-25)37-38(27-11-4-3-5-12-27)42-22-9-8-17-36(42)41-37/h3-24H,1-2H3. The lowest BCUT2D eigenvalue weighted by molar-refractivity contribution is 0.658. The minimum atomic E-state index is -0.0479. The van der Waals surface area contributed by atoms with Crippen molar-refractivity contribution < 1.29 is 4.42 Å². The SMILES string of the molecule is CC1(C)c2ccccc2-c2cc3oc4c(-c5ccc(-c6nc7ccccn7c6-c6ccccc6)cc5)cccc4c3cc21. The Hall–Kier alpha value is -5.41. The van der Waals surface area contributed by atoms with E-state index in [9.17, 15) is 0 Å². The zero-order chi connectivity index (χ0) is 28.7. The van der Waals surface area contributed by atoms with Crippen molar-refractivity contribution in [2.24, 2.45) is 0 Å². The maximum atomic E-state index is 6.66. The quantitative estimate of drug-likeness (QED) is 0.218. The van der Waals surface area contributed by atoms with Crippen LogP contribution in [0.3, 0.4) is 0 Å². The third-order valence-corrected chi connectivity index (χ3v) is 9.25. The number of benzene rings is 5. The first-order chi connectivity index (χ1) is 21.1. The summed E-state index contributed by atoms with van der Waals surface area (Å²) in [6.45, 7) is 4.65. The van der Waals surface area contributed by atoms with E-state index < -0.39 is 0 Å². The molecule has 3 heterocycles. The zero-order valence-corrected chi connectivity index (χ0v) is 24.0. The molecule has 8 aromatic rings. The van der Waals surface area contributed by atoms with Gasteiger partial charge in [-0.3, -0.25) is 4.40 Å². The van der Waals surface area contributed by atoms with Crippen LogP contribution in [-0.2, 0) is 5.41 Å². The van der Waals surface area contributed by atoms with Gasteiger partial charge in [0, 0.05) is 39.1 Å². The van der Waals surface area contributed by atoms with Gasteiger partial charge in [0.15, 0.2) is 0 Å². The summed E-state index contributed by atoms with van der Waals surface area (Å²) in [5, 5.41) is 2.32. The van der Waals surface area contributed by atoms with Gasteiger partial charge in [0.2, 0.25) is 0 Å². The molecule has 0 saturated carbocycles. The highest BCUT2D eigenvalue weighted by Crippen LogP contribution is 2.51. The molecule has 3 aromatic heterocycles. The molecule has 0 fully saturated rings. The van der Waals surface area contributed by atoms with Crippen LogP contribution in [0.1, 0.15) is 25.0 Å². The first-order valence-corrected chi connectivity index (χ1v) is 14.8. The second-order valence-corrected chi connectivity index (χ2v) is 12.0. The molecule has 0 atom stereocenters. The molecule has 0 aliphatic heterocycles. The number of hydrogen-bond acceptors (Lipinski definition) is 2. The predicted molar refractivity (Wildman–Crippen MR) is 176 cm³/mol. The van der Waals surface area contributed by atoms with E-state index in [4.69, 9.17) is 9.40 Å². The highest BCUT2D eigenvalue weighted by atomic mass is 16.3. The maximum absolute atomic E-state index is 6.66. The van der Waals surface area contributed by atoms with Crippen molar-refractivity contribution in [1.29, 1.82) is 0 Å². The molecule has 0 bridgehead atoms. The maximum Gasteiger partial charge on any atom is 0.143 e. The van der Waals surface area contributed by atoms with Crippen molar-refractivity contribution in [2.75, 3.05) is 0 Å². The molecule has 204 valence electrons. The minimum Gasteiger partial charge on any atom is -0.455 e.